The number of carbonyl (C=O) groups excluding carboxylic acids is 1. The van der Waals surface area contributed by atoms with Gasteiger partial charge in [0.1, 0.15) is 10.7 Å². The Hall–Kier alpha value is -2.06. The third kappa shape index (κ3) is 4.48. The van der Waals surface area contributed by atoms with E-state index in [1.54, 1.807) is 30.5 Å². The van der Waals surface area contributed by atoms with Gasteiger partial charge < -0.3 is 15.0 Å². The van der Waals surface area contributed by atoms with Gasteiger partial charge in [0.25, 0.3) is 0 Å². The Kier molecular flexibility index (Phi) is 5.71. The molecule has 1 atom stereocenters. The zero-order valence-electron chi connectivity index (χ0n) is 13.6. The standard InChI is InChI=1S/C16H21N5O2S/c1-21(10-13-3-2-8-23-13)16(22)19-5-4-12-11-24-15(20-12)14-9-17-6-7-18-14/h6-7,9,11,13H,2-5,8,10H2,1H3,(H,19,22). The van der Waals surface area contributed by atoms with Crippen LogP contribution in [0, 0.1) is 0 Å². The molecule has 0 aromatic carbocycles. The first-order valence-corrected chi connectivity index (χ1v) is 8.91. The molecule has 1 aliphatic heterocycles. The molecule has 1 saturated heterocycles. The van der Waals surface area contributed by atoms with Crippen molar-refractivity contribution in [3.63, 3.8) is 0 Å². The Morgan fingerprint density at radius 2 is 2.42 bits per heavy atom. The van der Waals surface area contributed by atoms with Crippen LogP contribution in [0.2, 0.25) is 0 Å². The summed E-state index contributed by atoms with van der Waals surface area (Å²) in [6.45, 7) is 2.00. The van der Waals surface area contributed by atoms with Gasteiger partial charge in [0, 0.05) is 50.9 Å². The van der Waals surface area contributed by atoms with Crippen LogP contribution in [0.25, 0.3) is 10.7 Å². The molecular weight excluding hydrogens is 326 g/mol. The van der Waals surface area contributed by atoms with Gasteiger partial charge in [-0.15, -0.1) is 11.3 Å². The maximum atomic E-state index is 12.1. The van der Waals surface area contributed by atoms with Crippen LogP contribution in [0.1, 0.15) is 18.5 Å². The maximum Gasteiger partial charge on any atom is 0.317 e. The third-order valence-electron chi connectivity index (χ3n) is 3.84. The average Bonchev–Trinajstić information content (AvgIpc) is 3.27. The summed E-state index contributed by atoms with van der Waals surface area (Å²) >= 11 is 1.54. The van der Waals surface area contributed by atoms with Crippen LogP contribution < -0.4 is 5.32 Å². The normalized spacial score (nSPS) is 17.0. The second kappa shape index (κ2) is 8.16. The van der Waals surface area contributed by atoms with Crippen LogP contribution in [0.5, 0.6) is 0 Å². The minimum absolute atomic E-state index is 0.0742. The monoisotopic (exact) mass is 347 g/mol. The number of hydrogen-bond donors (Lipinski definition) is 1. The largest absolute Gasteiger partial charge is 0.376 e. The lowest BCUT2D eigenvalue weighted by Crippen LogP contribution is -2.41. The van der Waals surface area contributed by atoms with Crippen molar-refractivity contribution in [2.75, 3.05) is 26.7 Å². The summed E-state index contributed by atoms with van der Waals surface area (Å²) in [5.41, 5.74) is 1.72. The lowest BCUT2D eigenvalue weighted by molar-refractivity contribution is 0.0875. The second-order valence-electron chi connectivity index (χ2n) is 5.73. The predicted octanol–water partition coefficient (Wildman–Crippen LogP) is 1.96. The fraction of sp³-hybridized carbons (Fsp3) is 0.500. The smallest absolute Gasteiger partial charge is 0.317 e. The topological polar surface area (TPSA) is 80.2 Å². The highest BCUT2D eigenvalue weighted by atomic mass is 32.1. The van der Waals surface area contributed by atoms with E-state index >= 15 is 0 Å². The minimum Gasteiger partial charge on any atom is -0.376 e. The Labute approximate surface area is 145 Å². The number of urea groups is 1. The highest BCUT2D eigenvalue weighted by Gasteiger charge is 2.19. The number of ether oxygens (including phenoxy) is 1. The molecule has 2 amide bonds. The number of nitrogens with one attached hydrogen (secondary N) is 1. The van der Waals surface area contributed by atoms with Crippen molar-refractivity contribution in [2.45, 2.75) is 25.4 Å². The molecule has 24 heavy (non-hydrogen) atoms. The molecule has 0 saturated carbocycles. The summed E-state index contributed by atoms with van der Waals surface area (Å²) in [7, 11) is 1.80. The van der Waals surface area contributed by atoms with E-state index < -0.39 is 0 Å². The number of likely N-dealkylation sites (N-methyl/N-ethyl adjacent to an activating group) is 1. The van der Waals surface area contributed by atoms with Crippen LogP contribution in [-0.2, 0) is 11.2 Å². The molecule has 0 radical (unpaired) electrons. The number of amides is 2. The molecule has 8 heteroatoms. The quantitative estimate of drug-likeness (QED) is 0.864. The van der Waals surface area contributed by atoms with Gasteiger partial charge in [-0.2, -0.15) is 0 Å². The van der Waals surface area contributed by atoms with Gasteiger partial charge in [0.15, 0.2) is 0 Å². The van der Waals surface area contributed by atoms with Crippen LogP contribution in [0.3, 0.4) is 0 Å². The van der Waals surface area contributed by atoms with Crippen molar-refractivity contribution in [3.8, 4) is 10.7 Å². The summed E-state index contributed by atoms with van der Waals surface area (Å²) in [5, 5.41) is 5.76. The number of rotatable bonds is 6. The van der Waals surface area contributed by atoms with Crippen LogP contribution in [0.15, 0.2) is 24.0 Å². The molecule has 3 rings (SSSR count). The highest BCUT2D eigenvalue weighted by Crippen LogP contribution is 2.20. The fourth-order valence-corrected chi connectivity index (χ4v) is 3.37. The predicted molar refractivity (Wildman–Crippen MR) is 91.8 cm³/mol. The number of aromatic nitrogens is 3. The Balaban J connectivity index is 1.43. The van der Waals surface area contributed by atoms with E-state index in [4.69, 9.17) is 4.74 Å². The maximum absolute atomic E-state index is 12.1. The first-order chi connectivity index (χ1) is 11.7. The zero-order chi connectivity index (χ0) is 16.8. The molecule has 1 fully saturated rings. The molecule has 1 unspecified atom stereocenters. The van der Waals surface area contributed by atoms with Gasteiger partial charge in [-0.3, -0.25) is 9.97 Å². The van der Waals surface area contributed by atoms with E-state index in [1.807, 2.05) is 5.38 Å². The van der Waals surface area contributed by atoms with Crippen molar-refractivity contribution in [3.05, 3.63) is 29.7 Å². The van der Waals surface area contributed by atoms with Crippen molar-refractivity contribution < 1.29 is 9.53 Å². The molecule has 128 valence electrons. The molecule has 2 aromatic heterocycles. The Bertz CT molecular complexity index is 657. The summed E-state index contributed by atoms with van der Waals surface area (Å²) in [6, 6.07) is -0.0742. The van der Waals surface area contributed by atoms with Gasteiger partial charge in [-0.05, 0) is 12.8 Å². The van der Waals surface area contributed by atoms with Gasteiger partial charge >= 0.3 is 6.03 Å². The molecule has 0 bridgehead atoms. The molecule has 0 aliphatic carbocycles. The number of thiazole rings is 1. The van der Waals surface area contributed by atoms with Crippen molar-refractivity contribution in [1.29, 1.82) is 0 Å². The molecule has 1 aliphatic rings. The molecule has 1 N–H and O–H groups in total. The van der Waals surface area contributed by atoms with Gasteiger partial charge in [-0.25, -0.2) is 9.78 Å². The van der Waals surface area contributed by atoms with Crippen LogP contribution >= 0.6 is 11.3 Å². The third-order valence-corrected chi connectivity index (χ3v) is 4.75. The van der Waals surface area contributed by atoms with E-state index in [9.17, 15) is 4.79 Å². The van der Waals surface area contributed by atoms with Crippen molar-refractivity contribution in [2.24, 2.45) is 0 Å². The highest BCUT2D eigenvalue weighted by molar-refractivity contribution is 7.13. The van der Waals surface area contributed by atoms with Crippen LogP contribution in [-0.4, -0.2) is 58.7 Å². The number of nitrogens with zero attached hydrogens (tertiary/aromatic N) is 4. The van der Waals surface area contributed by atoms with E-state index in [0.717, 1.165) is 35.8 Å². The van der Waals surface area contributed by atoms with Gasteiger partial charge in [-0.1, -0.05) is 0 Å². The van der Waals surface area contributed by atoms with Crippen molar-refractivity contribution >= 4 is 17.4 Å². The summed E-state index contributed by atoms with van der Waals surface area (Å²) < 4.78 is 5.55. The molecule has 3 heterocycles. The number of carbonyl (C=O) groups is 1. The van der Waals surface area contributed by atoms with E-state index in [1.165, 1.54) is 11.3 Å². The lowest BCUT2D eigenvalue weighted by atomic mass is 10.2. The molecule has 7 nitrogen and oxygen atoms in total. The van der Waals surface area contributed by atoms with E-state index in [2.05, 4.69) is 20.3 Å². The lowest BCUT2D eigenvalue weighted by Gasteiger charge is -2.21. The fourth-order valence-electron chi connectivity index (χ4n) is 2.56. The number of hydrogen-bond acceptors (Lipinski definition) is 6. The molecular formula is C16H21N5O2S. The van der Waals surface area contributed by atoms with Gasteiger partial charge in [0.05, 0.1) is 18.0 Å². The summed E-state index contributed by atoms with van der Waals surface area (Å²) in [6.07, 6.45) is 7.97. The first-order valence-electron chi connectivity index (χ1n) is 8.04. The van der Waals surface area contributed by atoms with Crippen molar-refractivity contribution in [1.82, 2.24) is 25.2 Å². The minimum atomic E-state index is -0.0742. The van der Waals surface area contributed by atoms with Gasteiger partial charge in [0.2, 0.25) is 0 Å². The van der Waals surface area contributed by atoms with E-state index in [0.29, 0.717) is 19.5 Å². The summed E-state index contributed by atoms with van der Waals surface area (Å²) in [5.74, 6) is 0. The second-order valence-corrected chi connectivity index (χ2v) is 6.59. The Morgan fingerprint density at radius 3 is 3.17 bits per heavy atom. The summed E-state index contributed by atoms with van der Waals surface area (Å²) in [4.78, 5) is 26.6. The Morgan fingerprint density at radius 1 is 1.50 bits per heavy atom. The molecule has 2 aromatic rings. The SMILES string of the molecule is CN(CC1CCCO1)C(=O)NCCc1csc(-c2cnccn2)n1. The first kappa shape index (κ1) is 16.8. The molecule has 0 spiro atoms. The zero-order valence-corrected chi connectivity index (χ0v) is 14.5. The van der Waals surface area contributed by atoms with E-state index in [-0.39, 0.29) is 12.1 Å². The van der Waals surface area contributed by atoms with Crippen LogP contribution in [0.4, 0.5) is 4.79 Å². The average molecular weight is 347 g/mol.